The number of nitrogens with zero attached hydrogens (tertiary/aromatic N) is 2. The molecular weight excluding hydrogens is 307 g/mol. The first-order valence-corrected chi connectivity index (χ1v) is 8.14. The quantitative estimate of drug-likeness (QED) is 0.745. The van der Waals surface area contributed by atoms with Gasteiger partial charge < -0.3 is 4.74 Å². The number of hydrogen-bond donors (Lipinski definition) is 0. The van der Waals surface area contributed by atoms with Gasteiger partial charge in [-0.1, -0.05) is 36.6 Å². The predicted octanol–water partition coefficient (Wildman–Crippen LogP) is 4.93. The topological polar surface area (TPSA) is 27.1 Å². The minimum Gasteiger partial charge on any atom is -0.494 e. The molecule has 0 spiro atoms. The third-order valence-electron chi connectivity index (χ3n) is 4.14. The molecule has 112 valence electrons. The van der Waals surface area contributed by atoms with Crippen LogP contribution in [-0.4, -0.2) is 16.9 Å². The molecule has 0 radical (unpaired) electrons. The van der Waals surface area contributed by atoms with Crippen LogP contribution < -0.4 is 4.74 Å². The summed E-state index contributed by atoms with van der Waals surface area (Å²) in [7, 11) is 1.65. The Morgan fingerprint density at radius 2 is 2.00 bits per heavy atom. The van der Waals surface area contributed by atoms with E-state index >= 15 is 0 Å². The second-order valence-corrected chi connectivity index (χ2v) is 5.98. The molecule has 0 amide bonds. The molecule has 1 aliphatic rings. The number of methoxy groups -OCH3 is 1. The Bertz CT molecular complexity index is 633. The normalized spacial score (nSPS) is 15.6. The van der Waals surface area contributed by atoms with Crippen molar-refractivity contribution in [3.8, 4) is 11.4 Å². The minimum atomic E-state index is 0.389. The maximum Gasteiger partial charge on any atom is 0.144 e. The van der Waals surface area contributed by atoms with E-state index in [0.29, 0.717) is 17.0 Å². The summed E-state index contributed by atoms with van der Waals surface area (Å²) in [5, 5.41) is 5.36. The molecule has 0 saturated heterocycles. The summed E-state index contributed by atoms with van der Waals surface area (Å²) in [5.74, 6) is 1.62. The van der Waals surface area contributed by atoms with E-state index in [-0.39, 0.29) is 0 Å². The molecule has 0 aliphatic heterocycles. The van der Waals surface area contributed by atoms with E-state index < -0.39 is 0 Å². The van der Waals surface area contributed by atoms with E-state index in [0.717, 1.165) is 22.7 Å². The summed E-state index contributed by atoms with van der Waals surface area (Å²) in [6.07, 6.45) is 4.85. The molecule has 5 heteroatoms. The Morgan fingerprint density at radius 1 is 1.29 bits per heavy atom. The highest BCUT2D eigenvalue weighted by atomic mass is 35.5. The highest BCUT2D eigenvalue weighted by Gasteiger charge is 2.26. The van der Waals surface area contributed by atoms with Crippen molar-refractivity contribution >= 4 is 23.2 Å². The van der Waals surface area contributed by atoms with Gasteiger partial charge in [-0.3, -0.25) is 0 Å². The van der Waals surface area contributed by atoms with Gasteiger partial charge in [0.25, 0.3) is 0 Å². The predicted molar refractivity (Wildman–Crippen MR) is 85.9 cm³/mol. The monoisotopic (exact) mass is 324 g/mol. The molecule has 21 heavy (non-hydrogen) atoms. The highest BCUT2D eigenvalue weighted by Crippen LogP contribution is 2.39. The molecular formula is C16H18Cl2N2O. The van der Waals surface area contributed by atoms with Crippen LogP contribution in [0.25, 0.3) is 5.69 Å². The van der Waals surface area contributed by atoms with Crippen LogP contribution in [0.4, 0.5) is 0 Å². The van der Waals surface area contributed by atoms with Gasteiger partial charge >= 0.3 is 0 Å². The van der Waals surface area contributed by atoms with Gasteiger partial charge in [0.15, 0.2) is 0 Å². The van der Waals surface area contributed by atoms with Crippen LogP contribution in [0.15, 0.2) is 24.3 Å². The lowest BCUT2D eigenvalue weighted by Gasteiger charge is -2.09. The number of ether oxygens (including phenoxy) is 1. The molecule has 0 atom stereocenters. The Kier molecular flexibility index (Phi) is 4.41. The van der Waals surface area contributed by atoms with Crippen molar-refractivity contribution in [1.29, 1.82) is 0 Å². The first-order chi connectivity index (χ1) is 10.3. The summed E-state index contributed by atoms with van der Waals surface area (Å²) in [5.41, 5.74) is 2.86. The maximum atomic E-state index is 6.53. The molecule has 2 aromatic rings. The van der Waals surface area contributed by atoms with Crippen molar-refractivity contribution in [2.75, 3.05) is 7.11 Å². The van der Waals surface area contributed by atoms with Gasteiger partial charge in [0.05, 0.1) is 18.7 Å². The molecule has 0 unspecified atom stereocenters. The van der Waals surface area contributed by atoms with E-state index in [4.69, 9.17) is 33.0 Å². The third kappa shape index (κ3) is 2.65. The molecule has 1 saturated carbocycles. The largest absolute Gasteiger partial charge is 0.494 e. The van der Waals surface area contributed by atoms with Crippen molar-refractivity contribution in [2.45, 2.75) is 37.5 Å². The maximum absolute atomic E-state index is 6.53. The zero-order chi connectivity index (χ0) is 14.8. The van der Waals surface area contributed by atoms with E-state index in [1.807, 2.05) is 24.3 Å². The Hall–Kier alpha value is -1.19. The van der Waals surface area contributed by atoms with Gasteiger partial charge in [-0.25, -0.2) is 4.68 Å². The number of para-hydroxylation sites is 2. The number of halogens is 2. The summed E-state index contributed by atoms with van der Waals surface area (Å²) >= 11 is 12.7. The summed E-state index contributed by atoms with van der Waals surface area (Å²) in [6.45, 7) is 0. The van der Waals surface area contributed by atoms with Gasteiger partial charge in [-0.2, -0.15) is 5.10 Å². The number of hydrogen-bond acceptors (Lipinski definition) is 2. The van der Waals surface area contributed by atoms with Crippen LogP contribution in [0.3, 0.4) is 0 Å². The average Bonchev–Trinajstić information content (AvgIpc) is 3.14. The van der Waals surface area contributed by atoms with Crippen LogP contribution in [0.1, 0.15) is 42.9 Å². The number of benzene rings is 1. The standard InChI is InChI=1S/C16H18Cl2N2O/c1-21-14-9-5-4-8-13(14)20-16(18)12(10-17)15(19-20)11-6-2-3-7-11/h4-5,8-9,11H,2-3,6-7,10H2,1H3. The number of rotatable bonds is 4. The molecule has 1 aromatic carbocycles. The van der Waals surface area contributed by atoms with E-state index in [2.05, 4.69) is 0 Å². The van der Waals surface area contributed by atoms with Crippen molar-refractivity contribution < 1.29 is 4.74 Å². The van der Waals surface area contributed by atoms with Crippen LogP contribution in [0, 0.1) is 0 Å². The molecule has 3 rings (SSSR count). The number of aromatic nitrogens is 2. The van der Waals surface area contributed by atoms with Gasteiger partial charge in [0, 0.05) is 11.5 Å². The fraction of sp³-hybridized carbons (Fsp3) is 0.438. The average molecular weight is 325 g/mol. The van der Waals surface area contributed by atoms with Gasteiger partial charge in [-0.15, -0.1) is 11.6 Å². The zero-order valence-electron chi connectivity index (χ0n) is 12.0. The van der Waals surface area contributed by atoms with Crippen molar-refractivity contribution in [3.63, 3.8) is 0 Å². The SMILES string of the molecule is COc1ccccc1-n1nc(C2CCCC2)c(CCl)c1Cl. The molecule has 0 bridgehead atoms. The Labute approximate surface area is 134 Å². The van der Waals surface area contributed by atoms with E-state index in [1.165, 1.54) is 25.7 Å². The molecule has 3 nitrogen and oxygen atoms in total. The van der Waals surface area contributed by atoms with Gasteiger partial charge in [0.2, 0.25) is 0 Å². The van der Waals surface area contributed by atoms with Crippen LogP contribution in [0.2, 0.25) is 5.15 Å². The van der Waals surface area contributed by atoms with E-state index in [1.54, 1.807) is 11.8 Å². The third-order valence-corrected chi connectivity index (χ3v) is 4.80. The second kappa shape index (κ2) is 6.29. The Balaban J connectivity index is 2.10. The Morgan fingerprint density at radius 3 is 2.67 bits per heavy atom. The van der Waals surface area contributed by atoms with Crippen LogP contribution >= 0.6 is 23.2 Å². The van der Waals surface area contributed by atoms with Crippen molar-refractivity contribution in [3.05, 3.63) is 40.7 Å². The molecule has 1 aliphatic carbocycles. The zero-order valence-corrected chi connectivity index (χ0v) is 13.5. The van der Waals surface area contributed by atoms with Gasteiger partial charge in [0.1, 0.15) is 16.6 Å². The van der Waals surface area contributed by atoms with Crippen LogP contribution in [-0.2, 0) is 5.88 Å². The fourth-order valence-electron chi connectivity index (χ4n) is 3.06. The molecule has 1 heterocycles. The lowest BCUT2D eigenvalue weighted by molar-refractivity contribution is 0.411. The summed E-state index contributed by atoms with van der Waals surface area (Å²) in [6, 6.07) is 7.74. The summed E-state index contributed by atoms with van der Waals surface area (Å²) < 4.78 is 7.17. The molecule has 1 fully saturated rings. The highest BCUT2D eigenvalue weighted by molar-refractivity contribution is 6.31. The van der Waals surface area contributed by atoms with Crippen molar-refractivity contribution in [2.24, 2.45) is 0 Å². The lowest BCUT2D eigenvalue weighted by atomic mass is 10.0. The smallest absolute Gasteiger partial charge is 0.144 e. The van der Waals surface area contributed by atoms with Crippen LogP contribution in [0.5, 0.6) is 5.75 Å². The first kappa shape index (κ1) is 14.7. The molecule has 1 aromatic heterocycles. The summed E-state index contributed by atoms with van der Waals surface area (Å²) in [4.78, 5) is 0. The molecule has 0 N–H and O–H groups in total. The lowest BCUT2D eigenvalue weighted by Crippen LogP contribution is -2.01. The number of alkyl halides is 1. The minimum absolute atomic E-state index is 0.389. The fourth-order valence-corrected chi connectivity index (χ4v) is 3.69. The first-order valence-electron chi connectivity index (χ1n) is 7.23. The van der Waals surface area contributed by atoms with E-state index in [9.17, 15) is 0 Å². The van der Waals surface area contributed by atoms with Gasteiger partial charge in [-0.05, 0) is 25.0 Å². The van der Waals surface area contributed by atoms with Crippen molar-refractivity contribution in [1.82, 2.24) is 9.78 Å². The second-order valence-electron chi connectivity index (χ2n) is 5.35.